The van der Waals surface area contributed by atoms with Gasteiger partial charge in [0.2, 0.25) is 5.91 Å². The molecule has 1 heterocycles. The summed E-state index contributed by atoms with van der Waals surface area (Å²) in [6.07, 6.45) is 9.49. The second-order valence-electron chi connectivity index (χ2n) is 8.46. The van der Waals surface area contributed by atoms with Crippen molar-refractivity contribution in [3.05, 3.63) is 0 Å². The van der Waals surface area contributed by atoms with Crippen LogP contribution in [0.1, 0.15) is 44.9 Å². The number of amides is 1. The van der Waals surface area contributed by atoms with Crippen LogP contribution in [0, 0.1) is 35.5 Å². The molecule has 21 heavy (non-hydrogen) atoms. The summed E-state index contributed by atoms with van der Waals surface area (Å²) in [5, 5.41) is 3.71. The molecule has 3 nitrogen and oxygen atoms in total. The Morgan fingerprint density at radius 2 is 1.62 bits per heavy atom. The van der Waals surface area contributed by atoms with Gasteiger partial charge in [0, 0.05) is 25.0 Å². The number of piperidine rings is 1. The molecule has 3 heteroatoms. The lowest BCUT2D eigenvalue weighted by Crippen LogP contribution is -2.46. The summed E-state index contributed by atoms with van der Waals surface area (Å²) in [5.74, 6) is 5.41. The van der Waals surface area contributed by atoms with Gasteiger partial charge in [-0.3, -0.25) is 4.79 Å². The second-order valence-corrected chi connectivity index (χ2v) is 8.46. The smallest absolute Gasteiger partial charge is 0.226 e. The third-order valence-corrected chi connectivity index (χ3v) is 7.22. The second kappa shape index (κ2) is 4.71. The molecule has 1 saturated heterocycles. The topological polar surface area (TPSA) is 32.3 Å². The summed E-state index contributed by atoms with van der Waals surface area (Å²) in [4.78, 5) is 15.0. The maximum Gasteiger partial charge on any atom is 0.226 e. The van der Waals surface area contributed by atoms with Gasteiger partial charge in [0.25, 0.3) is 0 Å². The van der Waals surface area contributed by atoms with Crippen molar-refractivity contribution in [2.45, 2.75) is 51.0 Å². The summed E-state index contributed by atoms with van der Waals surface area (Å²) in [6, 6.07) is 0.671. The molecule has 1 amide bonds. The molecule has 4 unspecified atom stereocenters. The van der Waals surface area contributed by atoms with E-state index in [0.717, 1.165) is 42.7 Å². The highest BCUT2D eigenvalue weighted by Crippen LogP contribution is 2.69. The van der Waals surface area contributed by atoms with Crippen molar-refractivity contribution in [1.29, 1.82) is 0 Å². The maximum atomic E-state index is 12.8. The Morgan fingerprint density at radius 1 is 0.952 bits per heavy atom. The van der Waals surface area contributed by atoms with Crippen molar-refractivity contribution in [3.63, 3.8) is 0 Å². The number of nitrogens with one attached hydrogen (secondary N) is 1. The Bertz CT molecular complexity index is 422. The van der Waals surface area contributed by atoms with Gasteiger partial charge in [0.15, 0.2) is 0 Å². The fourth-order valence-corrected chi connectivity index (χ4v) is 5.83. The van der Waals surface area contributed by atoms with Crippen LogP contribution in [0.25, 0.3) is 0 Å². The van der Waals surface area contributed by atoms with E-state index in [1.807, 2.05) is 0 Å². The molecule has 1 N–H and O–H groups in total. The van der Waals surface area contributed by atoms with Gasteiger partial charge in [-0.2, -0.15) is 0 Å². The lowest BCUT2D eigenvalue weighted by atomic mass is 9.99. The average molecular weight is 288 g/mol. The fraction of sp³-hybridized carbons (Fsp3) is 0.944. The summed E-state index contributed by atoms with van der Waals surface area (Å²) in [6.45, 7) is 3.23. The Labute approximate surface area is 127 Å². The maximum absolute atomic E-state index is 12.8. The molecule has 0 aromatic heterocycles. The van der Waals surface area contributed by atoms with E-state index in [0.29, 0.717) is 17.9 Å². The molecule has 5 rings (SSSR count). The first-order chi connectivity index (χ1) is 10.3. The SMILES string of the molecule is O=C(C1C2C3CCC(C3)C12)N1CCC(NCC2CC2)CC1. The largest absolute Gasteiger partial charge is 0.342 e. The van der Waals surface area contributed by atoms with Gasteiger partial charge < -0.3 is 10.2 Å². The summed E-state index contributed by atoms with van der Waals surface area (Å²) >= 11 is 0. The number of carbonyl (C=O) groups excluding carboxylic acids is 1. The van der Waals surface area contributed by atoms with Gasteiger partial charge in [-0.25, -0.2) is 0 Å². The lowest BCUT2D eigenvalue weighted by molar-refractivity contribution is -0.134. The molecule has 4 saturated carbocycles. The first-order valence-electron chi connectivity index (χ1n) is 9.33. The normalized spacial score (nSPS) is 45.0. The molecule has 0 radical (unpaired) electrons. The average Bonchev–Trinajstić information content (AvgIpc) is 3.42. The molecule has 0 aromatic carbocycles. The number of carbonyl (C=O) groups is 1. The number of likely N-dealkylation sites (tertiary alicyclic amines) is 1. The number of hydrogen-bond donors (Lipinski definition) is 1. The lowest BCUT2D eigenvalue weighted by Gasteiger charge is -2.33. The molecular weight excluding hydrogens is 260 g/mol. The van der Waals surface area contributed by atoms with Crippen LogP contribution in [0.4, 0.5) is 0 Å². The highest BCUT2D eigenvalue weighted by molar-refractivity contribution is 5.83. The number of nitrogens with zero attached hydrogens (tertiary/aromatic N) is 1. The van der Waals surface area contributed by atoms with Gasteiger partial charge >= 0.3 is 0 Å². The highest BCUT2D eigenvalue weighted by atomic mass is 16.2. The third kappa shape index (κ3) is 2.15. The number of rotatable bonds is 4. The molecule has 0 aromatic rings. The van der Waals surface area contributed by atoms with Crippen LogP contribution in [0.2, 0.25) is 0 Å². The van der Waals surface area contributed by atoms with Crippen molar-refractivity contribution in [1.82, 2.24) is 10.2 Å². The van der Waals surface area contributed by atoms with Crippen LogP contribution in [0.15, 0.2) is 0 Å². The minimum Gasteiger partial charge on any atom is -0.342 e. The summed E-state index contributed by atoms with van der Waals surface area (Å²) in [5.41, 5.74) is 0. The summed E-state index contributed by atoms with van der Waals surface area (Å²) in [7, 11) is 0. The Morgan fingerprint density at radius 3 is 2.24 bits per heavy atom. The van der Waals surface area contributed by atoms with Gasteiger partial charge in [0.1, 0.15) is 0 Å². The molecular formula is C18H28N2O. The number of fused-ring (bicyclic) bond motifs is 5. The van der Waals surface area contributed by atoms with E-state index in [1.165, 1.54) is 51.5 Å². The van der Waals surface area contributed by atoms with Crippen molar-refractivity contribution in [3.8, 4) is 0 Å². The van der Waals surface area contributed by atoms with E-state index >= 15 is 0 Å². The Kier molecular flexibility index (Phi) is 2.90. The van der Waals surface area contributed by atoms with Crippen LogP contribution in [-0.4, -0.2) is 36.5 Å². The third-order valence-electron chi connectivity index (χ3n) is 7.22. The van der Waals surface area contributed by atoms with E-state index < -0.39 is 0 Å². The van der Waals surface area contributed by atoms with E-state index in [1.54, 1.807) is 0 Å². The van der Waals surface area contributed by atoms with Crippen molar-refractivity contribution in [2.75, 3.05) is 19.6 Å². The van der Waals surface area contributed by atoms with Gasteiger partial charge in [-0.15, -0.1) is 0 Å². The predicted octanol–water partition coefficient (Wildman–Crippen LogP) is 2.27. The zero-order chi connectivity index (χ0) is 14.0. The van der Waals surface area contributed by atoms with Crippen molar-refractivity contribution in [2.24, 2.45) is 35.5 Å². The minimum atomic E-state index is 0.451. The van der Waals surface area contributed by atoms with Crippen LogP contribution in [0.5, 0.6) is 0 Å². The van der Waals surface area contributed by atoms with Gasteiger partial charge in [-0.1, -0.05) is 0 Å². The molecule has 5 aliphatic rings. The first-order valence-corrected chi connectivity index (χ1v) is 9.33. The van der Waals surface area contributed by atoms with Crippen molar-refractivity contribution >= 4 is 5.91 Å². The molecule has 0 spiro atoms. The predicted molar refractivity (Wildman–Crippen MR) is 81.6 cm³/mol. The zero-order valence-corrected chi connectivity index (χ0v) is 13.0. The minimum absolute atomic E-state index is 0.451. The van der Waals surface area contributed by atoms with E-state index in [9.17, 15) is 4.79 Å². The van der Waals surface area contributed by atoms with Gasteiger partial charge in [0.05, 0.1) is 0 Å². The van der Waals surface area contributed by atoms with Crippen LogP contribution in [0.3, 0.4) is 0 Å². The van der Waals surface area contributed by atoms with Crippen molar-refractivity contribution < 1.29 is 4.79 Å². The first kappa shape index (κ1) is 12.9. The molecule has 5 fully saturated rings. The van der Waals surface area contributed by atoms with E-state index in [2.05, 4.69) is 10.2 Å². The van der Waals surface area contributed by atoms with Gasteiger partial charge in [-0.05, 0) is 81.1 Å². The Hall–Kier alpha value is -0.570. The number of hydrogen-bond acceptors (Lipinski definition) is 2. The zero-order valence-electron chi connectivity index (χ0n) is 13.0. The molecule has 1 aliphatic heterocycles. The highest BCUT2D eigenvalue weighted by Gasteiger charge is 2.67. The summed E-state index contributed by atoms with van der Waals surface area (Å²) < 4.78 is 0. The van der Waals surface area contributed by atoms with Crippen LogP contribution < -0.4 is 5.32 Å². The molecule has 4 atom stereocenters. The Balaban J connectivity index is 1.13. The van der Waals surface area contributed by atoms with E-state index in [-0.39, 0.29) is 0 Å². The van der Waals surface area contributed by atoms with E-state index in [4.69, 9.17) is 0 Å². The van der Waals surface area contributed by atoms with Crippen LogP contribution >= 0.6 is 0 Å². The standard InChI is InChI=1S/C18H28N2O/c21-18(17-15-12-3-4-13(9-12)16(15)17)20-7-5-14(6-8-20)19-10-11-1-2-11/h11-17,19H,1-10H2. The molecule has 116 valence electrons. The van der Waals surface area contributed by atoms with Crippen LogP contribution in [-0.2, 0) is 4.79 Å². The fourth-order valence-electron chi connectivity index (χ4n) is 5.83. The molecule has 4 aliphatic carbocycles. The monoisotopic (exact) mass is 288 g/mol. The quantitative estimate of drug-likeness (QED) is 0.860. The molecule has 2 bridgehead atoms.